The number of H-pyrrole nitrogens is 1. The van der Waals surface area contributed by atoms with Crippen molar-refractivity contribution in [3.05, 3.63) is 51.2 Å². The van der Waals surface area contributed by atoms with Crippen LogP contribution in [0.2, 0.25) is 0 Å². The fraction of sp³-hybridized carbons (Fsp3) is 0.550. The second kappa shape index (κ2) is 7.19. The maximum atomic E-state index is 12.6. The van der Waals surface area contributed by atoms with Crippen LogP contribution in [-0.4, -0.2) is 39.5 Å². The summed E-state index contributed by atoms with van der Waals surface area (Å²) in [6.45, 7) is 8.60. The molecular weight excluding hydrogens is 326 g/mol. The number of hydrogen-bond donors (Lipinski definition) is 1. The van der Waals surface area contributed by atoms with E-state index in [0.29, 0.717) is 12.5 Å². The Kier molecular flexibility index (Phi) is 4.76. The summed E-state index contributed by atoms with van der Waals surface area (Å²) < 4.78 is 0. The molecule has 1 unspecified atom stereocenters. The van der Waals surface area contributed by atoms with Gasteiger partial charge >= 0.3 is 0 Å². The average molecular weight is 353 g/mol. The van der Waals surface area contributed by atoms with Crippen molar-refractivity contribution in [2.45, 2.75) is 46.2 Å². The van der Waals surface area contributed by atoms with Gasteiger partial charge in [0, 0.05) is 44.0 Å². The van der Waals surface area contributed by atoms with Gasteiger partial charge in [-0.1, -0.05) is 13.0 Å². The van der Waals surface area contributed by atoms with Crippen LogP contribution in [-0.2, 0) is 19.5 Å². The van der Waals surface area contributed by atoms with Crippen LogP contribution in [0.3, 0.4) is 0 Å². The van der Waals surface area contributed by atoms with Crippen LogP contribution in [0.5, 0.6) is 0 Å². The average Bonchev–Trinajstić information content (AvgIpc) is 2.61. The smallest absolute Gasteiger partial charge is 0.255 e. The Morgan fingerprint density at radius 3 is 2.96 bits per heavy atom. The first kappa shape index (κ1) is 17.2. The van der Waals surface area contributed by atoms with Crippen molar-refractivity contribution in [3.63, 3.8) is 0 Å². The third kappa shape index (κ3) is 3.65. The normalized spacial score (nSPS) is 20.8. The molecule has 0 aromatic carbocycles. The van der Waals surface area contributed by atoms with E-state index in [4.69, 9.17) is 4.98 Å². The predicted octanol–water partition coefficient (Wildman–Crippen LogP) is 2.27. The molecule has 0 spiro atoms. The fourth-order valence-electron chi connectivity index (χ4n) is 4.06. The van der Waals surface area contributed by atoms with Gasteiger partial charge in [-0.05, 0) is 44.2 Å². The van der Waals surface area contributed by atoms with Crippen LogP contribution in [0.4, 0.5) is 5.95 Å². The van der Waals surface area contributed by atoms with E-state index in [9.17, 15) is 4.79 Å². The van der Waals surface area contributed by atoms with Gasteiger partial charge in [-0.15, -0.1) is 0 Å². The zero-order chi connectivity index (χ0) is 18.1. The molecule has 2 aromatic rings. The van der Waals surface area contributed by atoms with Crippen LogP contribution in [0.1, 0.15) is 42.4 Å². The summed E-state index contributed by atoms with van der Waals surface area (Å²) in [6, 6.07) is 6.13. The summed E-state index contributed by atoms with van der Waals surface area (Å²) in [7, 11) is 0. The van der Waals surface area contributed by atoms with E-state index in [-0.39, 0.29) is 5.56 Å². The Morgan fingerprint density at radius 2 is 2.15 bits per heavy atom. The van der Waals surface area contributed by atoms with Gasteiger partial charge in [-0.25, -0.2) is 4.98 Å². The lowest BCUT2D eigenvalue weighted by molar-refractivity contribution is 0.237. The second-order valence-electron chi connectivity index (χ2n) is 7.74. The second-order valence-corrected chi connectivity index (χ2v) is 7.74. The van der Waals surface area contributed by atoms with E-state index in [1.54, 1.807) is 0 Å². The first-order valence-electron chi connectivity index (χ1n) is 9.60. The molecule has 0 bridgehead atoms. The van der Waals surface area contributed by atoms with Crippen molar-refractivity contribution in [1.82, 2.24) is 19.9 Å². The summed E-state index contributed by atoms with van der Waals surface area (Å²) in [5.41, 5.74) is 3.93. The first-order chi connectivity index (χ1) is 12.6. The summed E-state index contributed by atoms with van der Waals surface area (Å²) in [5.74, 6) is 1.39. The molecule has 1 atom stereocenters. The molecule has 1 saturated heterocycles. The number of nitrogens with zero attached hydrogens (tertiary/aromatic N) is 4. The van der Waals surface area contributed by atoms with Crippen molar-refractivity contribution < 1.29 is 0 Å². The number of anilines is 1. The van der Waals surface area contributed by atoms with Gasteiger partial charge in [0.2, 0.25) is 5.95 Å². The molecule has 6 nitrogen and oxygen atoms in total. The molecule has 2 aromatic heterocycles. The highest BCUT2D eigenvalue weighted by molar-refractivity contribution is 5.35. The van der Waals surface area contributed by atoms with Crippen molar-refractivity contribution in [2.24, 2.45) is 5.92 Å². The van der Waals surface area contributed by atoms with Crippen molar-refractivity contribution in [1.29, 1.82) is 0 Å². The molecule has 0 saturated carbocycles. The summed E-state index contributed by atoms with van der Waals surface area (Å²) >= 11 is 0. The number of aromatic nitrogens is 3. The van der Waals surface area contributed by atoms with Gasteiger partial charge in [0.05, 0.1) is 11.4 Å². The molecule has 2 aliphatic rings. The van der Waals surface area contributed by atoms with Crippen molar-refractivity contribution in [3.8, 4) is 0 Å². The molecule has 4 heterocycles. The molecular formula is C20H27N5O. The number of rotatable bonds is 3. The Bertz CT molecular complexity index is 846. The standard InChI is InChI=1S/C20H27N5O/c1-14-5-4-9-25(11-14)20-22-18-13-24(10-8-17(18)19(26)23-20)12-16-7-3-6-15(2)21-16/h3,6-7,14H,4-5,8-13H2,1-2H3,(H,22,23,26). The molecule has 0 radical (unpaired) electrons. The van der Waals surface area contributed by atoms with Gasteiger partial charge in [0.25, 0.3) is 5.56 Å². The lowest BCUT2D eigenvalue weighted by Gasteiger charge is -2.33. The third-order valence-corrected chi connectivity index (χ3v) is 5.43. The number of nitrogens with one attached hydrogen (secondary N) is 1. The highest BCUT2D eigenvalue weighted by Crippen LogP contribution is 2.22. The Labute approximate surface area is 154 Å². The highest BCUT2D eigenvalue weighted by Gasteiger charge is 2.24. The number of aryl methyl sites for hydroxylation is 1. The van der Waals surface area contributed by atoms with Crippen molar-refractivity contribution >= 4 is 5.95 Å². The SMILES string of the molecule is Cc1cccc(CN2CCc3c(nc(N4CCCC(C)C4)[nH]c3=O)C2)n1. The Hall–Kier alpha value is -2.21. The molecule has 4 rings (SSSR count). The molecule has 1 fully saturated rings. The van der Waals surface area contributed by atoms with Gasteiger partial charge in [0.15, 0.2) is 0 Å². The zero-order valence-electron chi connectivity index (χ0n) is 15.7. The summed E-state index contributed by atoms with van der Waals surface area (Å²) in [4.78, 5) is 29.6. The Morgan fingerprint density at radius 1 is 1.27 bits per heavy atom. The van der Waals surface area contributed by atoms with E-state index < -0.39 is 0 Å². The Balaban J connectivity index is 1.54. The molecule has 2 aliphatic heterocycles. The number of fused-ring (bicyclic) bond motifs is 1. The van der Waals surface area contributed by atoms with Crippen LogP contribution in [0, 0.1) is 12.8 Å². The molecule has 0 aliphatic carbocycles. The van der Waals surface area contributed by atoms with Gasteiger partial charge in [-0.2, -0.15) is 0 Å². The predicted molar refractivity (Wildman–Crippen MR) is 102 cm³/mol. The summed E-state index contributed by atoms with van der Waals surface area (Å²) in [5, 5.41) is 0. The quantitative estimate of drug-likeness (QED) is 0.917. The molecule has 1 N–H and O–H groups in total. The van der Waals surface area contributed by atoms with Crippen LogP contribution < -0.4 is 10.5 Å². The largest absolute Gasteiger partial charge is 0.342 e. The number of piperidine rings is 1. The minimum atomic E-state index is 0.0385. The molecule has 6 heteroatoms. The molecule has 138 valence electrons. The van der Waals surface area contributed by atoms with Crippen LogP contribution >= 0.6 is 0 Å². The first-order valence-corrected chi connectivity index (χ1v) is 9.60. The van der Waals surface area contributed by atoms with Gasteiger partial charge in [-0.3, -0.25) is 19.7 Å². The van der Waals surface area contributed by atoms with E-state index in [1.807, 2.05) is 19.1 Å². The molecule has 0 amide bonds. The number of pyridine rings is 1. The zero-order valence-corrected chi connectivity index (χ0v) is 15.7. The van der Waals surface area contributed by atoms with E-state index >= 15 is 0 Å². The molecule has 26 heavy (non-hydrogen) atoms. The lowest BCUT2D eigenvalue weighted by Crippen LogP contribution is -2.39. The van der Waals surface area contributed by atoms with E-state index in [2.05, 4.69) is 32.8 Å². The fourth-order valence-corrected chi connectivity index (χ4v) is 4.06. The van der Waals surface area contributed by atoms with Crippen LogP contribution in [0.15, 0.2) is 23.0 Å². The maximum absolute atomic E-state index is 12.6. The maximum Gasteiger partial charge on any atom is 0.255 e. The third-order valence-electron chi connectivity index (χ3n) is 5.43. The topological polar surface area (TPSA) is 65.1 Å². The van der Waals surface area contributed by atoms with Crippen LogP contribution in [0.25, 0.3) is 0 Å². The minimum absolute atomic E-state index is 0.0385. The van der Waals surface area contributed by atoms with Gasteiger partial charge < -0.3 is 4.90 Å². The lowest BCUT2D eigenvalue weighted by atomic mass is 10.0. The number of aromatic amines is 1. The minimum Gasteiger partial charge on any atom is -0.342 e. The van der Waals surface area contributed by atoms with E-state index in [0.717, 1.165) is 67.6 Å². The van der Waals surface area contributed by atoms with Gasteiger partial charge in [0.1, 0.15) is 0 Å². The summed E-state index contributed by atoms with van der Waals surface area (Å²) in [6.07, 6.45) is 3.16. The highest BCUT2D eigenvalue weighted by atomic mass is 16.1. The van der Waals surface area contributed by atoms with Crippen molar-refractivity contribution in [2.75, 3.05) is 24.5 Å². The number of hydrogen-bond acceptors (Lipinski definition) is 5. The van der Waals surface area contributed by atoms with E-state index in [1.165, 1.54) is 6.42 Å². The monoisotopic (exact) mass is 353 g/mol.